The van der Waals surface area contributed by atoms with E-state index in [0.717, 1.165) is 22.7 Å². The Morgan fingerprint density at radius 3 is 2.87 bits per heavy atom. The van der Waals surface area contributed by atoms with Gasteiger partial charge in [0.25, 0.3) is 0 Å². The Morgan fingerprint density at radius 2 is 2.13 bits per heavy atom. The van der Waals surface area contributed by atoms with Crippen molar-refractivity contribution in [1.29, 1.82) is 0 Å². The first kappa shape index (κ1) is 20.9. The molecule has 1 aromatic carbocycles. The number of hydrogen-bond donors (Lipinski definition) is 0. The number of aromatic nitrogens is 2. The number of carbonyl (C=O) groups is 1. The third-order valence-corrected chi connectivity index (χ3v) is 6.94. The average molecular weight is 450 g/mol. The zero-order valence-electron chi connectivity index (χ0n) is 16.0. The van der Waals surface area contributed by atoms with Crippen molar-refractivity contribution in [3.63, 3.8) is 0 Å². The van der Waals surface area contributed by atoms with E-state index in [9.17, 15) is 18.0 Å². The van der Waals surface area contributed by atoms with Gasteiger partial charge in [0, 0.05) is 40.0 Å². The number of carbonyl (C=O) groups excluding carboxylic acids is 1. The van der Waals surface area contributed by atoms with Gasteiger partial charge < -0.3 is 4.90 Å². The molecule has 0 bridgehead atoms. The summed E-state index contributed by atoms with van der Waals surface area (Å²) in [5.41, 5.74) is 1.04. The molecule has 0 spiro atoms. The Labute approximate surface area is 180 Å². The summed E-state index contributed by atoms with van der Waals surface area (Å²) in [6.07, 6.45) is -0.352. The molecule has 156 valence electrons. The normalized spacial score (nSPS) is 16.8. The molecular formula is C21H18F3N3OS2. The van der Waals surface area contributed by atoms with E-state index in [1.54, 1.807) is 12.4 Å². The molecule has 4 nitrogen and oxygen atoms in total. The first-order valence-electron chi connectivity index (χ1n) is 9.34. The molecular weight excluding hydrogens is 431 g/mol. The Balaban J connectivity index is 1.61. The van der Waals surface area contributed by atoms with Crippen molar-refractivity contribution in [1.82, 2.24) is 9.97 Å². The minimum Gasteiger partial charge on any atom is -0.311 e. The zero-order chi connectivity index (χ0) is 21.3. The Hall–Kier alpha value is -2.39. The van der Waals surface area contributed by atoms with Crippen molar-refractivity contribution in [2.24, 2.45) is 0 Å². The second-order valence-electron chi connectivity index (χ2n) is 7.01. The molecule has 0 unspecified atom stereocenters. The maximum absolute atomic E-state index is 13.3. The maximum atomic E-state index is 13.3. The molecule has 1 amide bonds. The fourth-order valence-electron chi connectivity index (χ4n) is 3.23. The van der Waals surface area contributed by atoms with E-state index >= 15 is 0 Å². The number of nitrogens with zero attached hydrogens (tertiary/aromatic N) is 3. The van der Waals surface area contributed by atoms with Crippen LogP contribution in [0.5, 0.6) is 0 Å². The van der Waals surface area contributed by atoms with Crippen LogP contribution in [0.15, 0.2) is 53.0 Å². The third-order valence-electron chi connectivity index (χ3n) is 4.76. The number of thiazole rings is 1. The van der Waals surface area contributed by atoms with Crippen LogP contribution in [0.3, 0.4) is 0 Å². The van der Waals surface area contributed by atoms with Gasteiger partial charge in [-0.3, -0.25) is 9.78 Å². The summed E-state index contributed by atoms with van der Waals surface area (Å²) in [5.74, 6) is -0.256. The van der Waals surface area contributed by atoms with Gasteiger partial charge in [0.05, 0.1) is 23.4 Å². The van der Waals surface area contributed by atoms with Gasteiger partial charge in [-0.05, 0) is 36.8 Å². The topological polar surface area (TPSA) is 46.1 Å². The number of rotatable bonds is 3. The van der Waals surface area contributed by atoms with Crippen LogP contribution in [-0.4, -0.2) is 27.7 Å². The van der Waals surface area contributed by atoms with E-state index in [1.807, 2.05) is 24.4 Å². The molecule has 2 aromatic heterocycles. The fraction of sp³-hybridized carbons (Fsp3) is 0.286. The van der Waals surface area contributed by atoms with Gasteiger partial charge in [0.1, 0.15) is 5.01 Å². The fourth-order valence-corrected chi connectivity index (χ4v) is 5.13. The second-order valence-corrected chi connectivity index (χ2v) is 9.34. The highest BCUT2D eigenvalue weighted by Crippen LogP contribution is 2.41. The molecule has 0 N–H and O–H groups in total. The first-order valence-corrected chi connectivity index (χ1v) is 11.1. The van der Waals surface area contributed by atoms with Crippen LogP contribution in [0.2, 0.25) is 0 Å². The van der Waals surface area contributed by atoms with Gasteiger partial charge in [-0.1, -0.05) is 6.92 Å². The minimum absolute atomic E-state index is 0.0332. The largest absolute Gasteiger partial charge is 0.416 e. The van der Waals surface area contributed by atoms with Crippen LogP contribution < -0.4 is 4.90 Å². The van der Waals surface area contributed by atoms with E-state index in [-0.39, 0.29) is 17.6 Å². The van der Waals surface area contributed by atoms with Crippen LogP contribution in [0.25, 0.3) is 10.6 Å². The quantitative estimate of drug-likeness (QED) is 0.516. The van der Waals surface area contributed by atoms with Crippen molar-refractivity contribution >= 4 is 34.7 Å². The number of alkyl halides is 3. The van der Waals surface area contributed by atoms with Gasteiger partial charge in [0.15, 0.2) is 0 Å². The standard InChI is InChI=1S/C21H18F3N3OS2/c1-13-6-8-27(17-9-15(21(22,23)24)4-5-18(17)30-13)19(28)10-16-12-29-20(26-16)14-3-2-7-25-11-14/h2-5,7,9,11-13H,6,8,10H2,1H3/t13-/m1/s1. The molecule has 1 aliphatic rings. The Bertz CT molecular complexity index is 1050. The van der Waals surface area contributed by atoms with Gasteiger partial charge >= 0.3 is 6.18 Å². The number of fused-ring (bicyclic) bond motifs is 1. The van der Waals surface area contributed by atoms with Crippen LogP contribution in [0, 0.1) is 0 Å². The van der Waals surface area contributed by atoms with E-state index in [2.05, 4.69) is 9.97 Å². The molecule has 4 rings (SSSR count). The minimum atomic E-state index is -4.46. The zero-order valence-corrected chi connectivity index (χ0v) is 17.7. The highest BCUT2D eigenvalue weighted by atomic mass is 32.2. The predicted octanol–water partition coefficient (Wildman–Crippen LogP) is 5.68. The van der Waals surface area contributed by atoms with Crippen LogP contribution in [-0.2, 0) is 17.4 Å². The Kier molecular flexibility index (Phi) is 5.84. The van der Waals surface area contributed by atoms with Crippen molar-refractivity contribution in [2.45, 2.75) is 36.1 Å². The summed E-state index contributed by atoms with van der Waals surface area (Å²) in [7, 11) is 0. The van der Waals surface area contributed by atoms with Crippen molar-refractivity contribution < 1.29 is 18.0 Å². The highest BCUT2D eigenvalue weighted by Gasteiger charge is 2.33. The lowest BCUT2D eigenvalue weighted by molar-refractivity contribution is -0.137. The summed E-state index contributed by atoms with van der Waals surface area (Å²) in [5, 5.41) is 2.77. The van der Waals surface area contributed by atoms with Gasteiger partial charge in [-0.2, -0.15) is 13.2 Å². The van der Waals surface area contributed by atoms with E-state index in [1.165, 1.54) is 34.1 Å². The monoisotopic (exact) mass is 449 g/mol. The molecule has 3 heterocycles. The molecule has 1 atom stereocenters. The van der Waals surface area contributed by atoms with Crippen LogP contribution in [0.1, 0.15) is 24.6 Å². The molecule has 9 heteroatoms. The van der Waals surface area contributed by atoms with Crippen LogP contribution in [0.4, 0.5) is 18.9 Å². The SMILES string of the molecule is C[C@@H]1CCN(C(=O)Cc2csc(-c3cccnc3)n2)c2cc(C(F)(F)F)ccc2S1. The van der Waals surface area contributed by atoms with Crippen molar-refractivity contribution in [3.05, 3.63) is 59.4 Å². The van der Waals surface area contributed by atoms with Crippen molar-refractivity contribution in [2.75, 3.05) is 11.4 Å². The number of benzene rings is 1. The van der Waals surface area contributed by atoms with E-state index < -0.39 is 11.7 Å². The molecule has 0 saturated heterocycles. The summed E-state index contributed by atoms with van der Waals surface area (Å²) < 4.78 is 39.8. The molecule has 0 aliphatic carbocycles. The van der Waals surface area contributed by atoms with E-state index in [4.69, 9.17) is 0 Å². The molecule has 0 saturated carbocycles. The van der Waals surface area contributed by atoms with Crippen LogP contribution >= 0.6 is 23.1 Å². The number of pyridine rings is 1. The summed E-state index contributed by atoms with van der Waals surface area (Å²) >= 11 is 2.91. The van der Waals surface area contributed by atoms with Crippen molar-refractivity contribution in [3.8, 4) is 10.6 Å². The smallest absolute Gasteiger partial charge is 0.311 e. The first-order chi connectivity index (χ1) is 14.3. The molecule has 0 fully saturated rings. The number of thioether (sulfide) groups is 1. The number of anilines is 1. The third kappa shape index (κ3) is 4.52. The molecule has 30 heavy (non-hydrogen) atoms. The van der Waals surface area contributed by atoms with E-state index in [0.29, 0.717) is 29.2 Å². The average Bonchev–Trinajstić information content (AvgIpc) is 3.10. The lowest BCUT2D eigenvalue weighted by Gasteiger charge is -2.23. The lowest BCUT2D eigenvalue weighted by Crippen LogP contribution is -2.33. The summed E-state index contributed by atoms with van der Waals surface area (Å²) in [4.78, 5) is 23.8. The maximum Gasteiger partial charge on any atom is 0.416 e. The number of hydrogen-bond acceptors (Lipinski definition) is 5. The summed E-state index contributed by atoms with van der Waals surface area (Å²) in [6, 6.07) is 7.33. The second kappa shape index (κ2) is 8.39. The predicted molar refractivity (Wildman–Crippen MR) is 113 cm³/mol. The summed E-state index contributed by atoms with van der Waals surface area (Å²) in [6.45, 7) is 2.39. The number of amides is 1. The molecule has 0 radical (unpaired) electrons. The van der Waals surface area contributed by atoms with Gasteiger partial charge in [0.2, 0.25) is 5.91 Å². The van der Waals surface area contributed by atoms with Gasteiger partial charge in [-0.25, -0.2) is 4.98 Å². The molecule has 3 aromatic rings. The number of halogens is 3. The Morgan fingerprint density at radius 1 is 1.30 bits per heavy atom. The lowest BCUT2D eigenvalue weighted by atomic mass is 10.1. The molecule has 1 aliphatic heterocycles. The highest BCUT2D eigenvalue weighted by molar-refractivity contribution is 8.00. The van der Waals surface area contributed by atoms with Gasteiger partial charge in [-0.15, -0.1) is 23.1 Å².